The zero-order valence-corrected chi connectivity index (χ0v) is 20.2. The maximum absolute atomic E-state index is 12.7. The standard InChI is InChI=1S/C28H35F2NO4/c1-20-16-26(34-17-21-8-4-2-5-9-21)25(31(20)28(32)35-19-27(29)30)18-33-24-14-12-23(13-15-24)22-10-6-3-7-11-22/h2-11,20,23-27H,12-19H2,1H3/t20-,23?,24?,25+,26?/m1/s1. The van der Waals surface area contributed by atoms with Crippen molar-refractivity contribution in [1.29, 1.82) is 0 Å². The van der Waals surface area contributed by atoms with E-state index in [0.29, 0.717) is 25.6 Å². The molecule has 1 aliphatic carbocycles. The predicted molar refractivity (Wildman–Crippen MR) is 129 cm³/mol. The van der Waals surface area contributed by atoms with Crippen LogP contribution in [0.3, 0.4) is 0 Å². The van der Waals surface area contributed by atoms with E-state index in [1.807, 2.05) is 43.3 Å². The molecule has 7 heteroatoms. The van der Waals surface area contributed by atoms with E-state index in [2.05, 4.69) is 24.3 Å². The molecule has 2 aromatic rings. The predicted octanol–water partition coefficient (Wildman–Crippen LogP) is 6.18. The molecule has 0 N–H and O–H groups in total. The zero-order valence-electron chi connectivity index (χ0n) is 20.2. The Bertz CT molecular complexity index is 906. The van der Waals surface area contributed by atoms with Gasteiger partial charge in [0.05, 0.1) is 31.5 Å². The lowest BCUT2D eigenvalue weighted by molar-refractivity contribution is -0.0504. The van der Waals surface area contributed by atoms with Crippen LogP contribution in [0.5, 0.6) is 0 Å². The minimum Gasteiger partial charge on any atom is -0.443 e. The van der Waals surface area contributed by atoms with Crippen molar-refractivity contribution in [1.82, 2.24) is 4.90 Å². The lowest BCUT2D eigenvalue weighted by Gasteiger charge is -2.33. The number of likely N-dealkylation sites (tertiary alicyclic amines) is 1. The Hall–Kier alpha value is -2.51. The lowest BCUT2D eigenvalue weighted by Crippen LogP contribution is -2.47. The van der Waals surface area contributed by atoms with Gasteiger partial charge in [-0.25, -0.2) is 13.6 Å². The van der Waals surface area contributed by atoms with E-state index in [0.717, 1.165) is 31.2 Å². The summed E-state index contributed by atoms with van der Waals surface area (Å²) >= 11 is 0. The summed E-state index contributed by atoms with van der Waals surface area (Å²) in [5.41, 5.74) is 2.41. The van der Waals surface area contributed by atoms with E-state index in [1.54, 1.807) is 0 Å². The van der Waals surface area contributed by atoms with Gasteiger partial charge in [-0.2, -0.15) is 0 Å². The molecule has 1 saturated heterocycles. The molecule has 4 rings (SSSR count). The smallest absolute Gasteiger partial charge is 0.410 e. The quantitative estimate of drug-likeness (QED) is 0.424. The van der Waals surface area contributed by atoms with Crippen LogP contribution in [0, 0.1) is 0 Å². The highest BCUT2D eigenvalue weighted by Crippen LogP contribution is 2.35. The van der Waals surface area contributed by atoms with Crippen LogP contribution in [0.4, 0.5) is 13.6 Å². The molecular formula is C28H35F2NO4. The second-order valence-corrected chi connectivity index (χ2v) is 9.58. The van der Waals surface area contributed by atoms with Gasteiger partial charge in [-0.05, 0) is 56.1 Å². The van der Waals surface area contributed by atoms with Gasteiger partial charge < -0.3 is 14.2 Å². The summed E-state index contributed by atoms with van der Waals surface area (Å²) in [4.78, 5) is 14.2. The summed E-state index contributed by atoms with van der Waals surface area (Å²) in [6.07, 6.45) is 1.05. The van der Waals surface area contributed by atoms with E-state index < -0.39 is 19.1 Å². The van der Waals surface area contributed by atoms with E-state index in [4.69, 9.17) is 14.2 Å². The first-order valence-corrected chi connectivity index (χ1v) is 12.6. The van der Waals surface area contributed by atoms with Crippen molar-refractivity contribution in [3.05, 3.63) is 71.8 Å². The van der Waals surface area contributed by atoms with Crippen LogP contribution in [-0.4, -0.2) is 54.9 Å². The molecule has 1 amide bonds. The molecule has 2 fully saturated rings. The number of nitrogens with zero attached hydrogens (tertiary/aromatic N) is 1. The number of carbonyl (C=O) groups is 1. The number of rotatable bonds is 9. The fourth-order valence-corrected chi connectivity index (χ4v) is 5.30. The van der Waals surface area contributed by atoms with Crippen LogP contribution in [0.15, 0.2) is 60.7 Å². The van der Waals surface area contributed by atoms with Crippen molar-refractivity contribution >= 4 is 6.09 Å². The Balaban J connectivity index is 1.36. The van der Waals surface area contributed by atoms with Crippen molar-refractivity contribution in [2.75, 3.05) is 13.2 Å². The molecule has 190 valence electrons. The van der Waals surface area contributed by atoms with Crippen LogP contribution in [-0.2, 0) is 20.8 Å². The molecule has 1 aliphatic heterocycles. The number of ether oxygens (including phenoxy) is 3. The highest BCUT2D eigenvalue weighted by molar-refractivity contribution is 5.69. The highest BCUT2D eigenvalue weighted by atomic mass is 19.3. The summed E-state index contributed by atoms with van der Waals surface area (Å²) in [7, 11) is 0. The van der Waals surface area contributed by atoms with Gasteiger partial charge in [-0.1, -0.05) is 60.7 Å². The number of carbonyl (C=O) groups excluding carboxylic acids is 1. The third-order valence-electron chi connectivity index (χ3n) is 7.13. The van der Waals surface area contributed by atoms with Crippen molar-refractivity contribution in [2.45, 2.75) is 82.3 Å². The van der Waals surface area contributed by atoms with Gasteiger partial charge in [0.1, 0.15) is 0 Å². The van der Waals surface area contributed by atoms with Crippen molar-refractivity contribution in [3.63, 3.8) is 0 Å². The normalized spacial score (nSPS) is 26.7. The number of hydrogen-bond acceptors (Lipinski definition) is 4. The third-order valence-corrected chi connectivity index (χ3v) is 7.13. The number of benzene rings is 2. The summed E-state index contributed by atoms with van der Waals surface area (Å²) in [6.45, 7) is 1.70. The second kappa shape index (κ2) is 12.5. The summed E-state index contributed by atoms with van der Waals surface area (Å²) < 4.78 is 42.7. The number of amides is 1. The summed E-state index contributed by atoms with van der Waals surface area (Å²) in [5, 5.41) is 0. The molecule has 0 radical (unpaired) electrons. The average molecular weight is 488 g/mol. The molecule has 5 nitrogen and oxygen atoms in total. The monoisotopic (exact) mass is 487 g/mol. The molecule has 1 heterocycles. The van der Waals surface area contributed by atoms with Crippen LogP contribution in [0.25, 0.3) is 0 Å². The zero-order chi connectivity index (χ0) is 24.6. The number of hydrogen-bond donors (Lipinski definition) is 0. The molecule has 1 saturated carbocycles. The minimum absolute atomic E-state index is 0.111. The average Bonchev–Trinajstić information content (AvgIpc) is 3.21. The van der Waals surface area contributed by atoms with Crippen molar-refractivity contribution in [2.24, 2.45) is 0 Å². The Morgan fingerprint density at radius 3 is 2.29 bits per heavy atom. The van der Waals surface area contributed by atoms with Crippen LogP contribution in [0.2, 0.25) is 0 Å². The first-order chi connectivity index (χ1) is 17.0. The summed E-state index contributed by atoms with van der Waals surface area (Å²) in [6, 6.07) is 19.8. The molecule has 0 aromatic heterocycles. The Morgan fingerprint density at radius 2 is 1.63 bits per heavy atom. The number of halogens is 2. The third kappa shape index (κ3) is 7.01. The van der Waals surface area contributed by atoms with Gasteiger partial charge in [-0.3, -0.25) is 4.90 Å². The van der Waals surface area contributed by atoms with Gasteiger partial charge in [0.25, 0.3) is 6.43 Å². The first-order valence-electron chi connectivity index (χ1n) is 12.6. The maximum atomic E-state index is 12.7. The van der Waals surface area contributed by atoms with E-state index in [-0.39, 0.29) is 24.3 Å². The Labute approximate surface area is 206 Å². The fourth-order valence-electron chi connectivity index (χ4n) is 5.30. The van der Waals surface area contributed by atoms with Gasteiger partial charge >= 0.3 is 6.09 Å². The van der Waals surface area contributed by atoms with Gasteiger partial charge in [0.2, 0.25) is 0 Å². The molecule has 2 aliphatic rings. The first kappa shape index (κ1) is 25.6. The van der Waals surface area contributed by atoms with Gasteiger partial charge in [0.15, 0.2) is 6.61 Å². The fraction of sp³-hybridized carbons (Fsp3) is 0.536. The van der Waals surface area contributed by atoms with E-state index >= 15 is 0 Å². The molecule has 2 aromatic carbocycles. The Kier molecular flexibility index (Phi) is 9.10. The molecule has 1 unspecified atom stereocenters. The van der Waals surface area contributed by atoms with Crippen LogP contribution in [0.1, 0.15) is 56.1 Å². The lowest BCUT2D eigenvalue weighted by atomic mass is 9.83. The Morgan fingerprint density at radius 1 is 0.971 bits per heavy atom. The van der Waals surface area contributed by atoms with Gasteiger partial charge in [-0.15, -0.1) is 0 Å². The minimum atomic E-state index is -2.70. The topological polar surface area (TPSA) is 48.0 Å². The largest absolute Gasteiger partial charge is 0.443 e. The second-order valence-electron chi connectivity index (χ2n) is 9.58. The SMILES string of the molecule is C[C@@H]1CC(OCc2ccccc2)[C@H](COC2CCC(c3ccccc3)CC2)N1C(=O)OCC(F)F. The van der Waals surface area contributed by atoms with E-state index in [1.165, 1.54) is 10.5 Å². The molecular weight excluding hydrogens is 452 g/mol. The molecule has 35 heavy (non-hydrogen) atoms. The molecule has 3 atom stereocenters. The molecule has 0 bridgehead atoms. The highest BCUT2D eigenvalue weighted by Gasteiger charge is 2.44. The van der Waals surface area contributed by atoms with Gasteiger partial charge in [0, 0.05) is 6.04 Å². The van der Waals surface area contributed by atoms with E-state index in [9.17, 15) is 13.6 Å². The van der Waals surface area contributed by atoms with Crippen molar-refractivity contribution < 1.29 is 27.8 Å². The maximum Gasteiger partial charge on any atom is 0.410 e. The summed E-state index contributed by atoms with van der Waals surface area (Å²) in [5.74, 6) is 0.547. The van der Waals surface area contributed by atoms with Crippen molar-refractivity contribution in [3.8, 4) is 0 Å². The molecule has 0 spiro atoms. The number of alkyl halides is 2. The van der Waals surface area contributed by atoms with Crippen LogP contribution >= 0.6 is 0 Å². The van der Waals surface area contributed by atoms with Crippen LogP contribution < -0.4 is 0 Å².